The number of imidazole rings is 1. The highest BCUT2D eigenvalue weighted by Gasteiger charge is 2.37. The van der Waals surface area contributed by atoms with Gasteiger partial charge in [0, 0.05) is 19.2 Å². The minimum absolute atomic E-state index is 0.0263. The summed E-state index contributed by atoms with van der Waals surface area (Å²) in [5, 5.41) is 13.3. The minimum atomic E-state index is -4.38. The van der Waals surface area contributed by atoms with Crippen LogP contribution in [-0.4, -0.2) is 40.5 Å². The van der Waals surface area contributed by atoms with E-state index in [4.69, 9.17) is 4.43 Å². The van der Waals surface area contributed by atoms with Crippen molar-refractivity contribution in [2.45, 2.75) is 89.8 Å². The molecule has 4 rings (SSSR count). The van der Waals surface area contributed by atoms with E-state index in [1.807, 2.05) is 10.6 Å². The molecule has 1 aliphatic rings. The second-order valence-corrected chi connectivity index (χ2v) is 16.7. The fourth-order valence-corrected chi connectivity index (χ4v) is 5.62. The molecule has 0 saturated heterocycles. The maximum Gasteiger partial charge on any atom is 0.416 e. The van der Waals surface area contributed by atoms with Crippen LogP contribution >= 0.6 is 0 Å². The van der Waals surface area contributed by atoms with Gasteiger partial charge in [0.05, 0.1) is 11.9 Å². The van der Waals surface area contributed by atoms with Gasteiger partial charge in [-0.15, -0.1) is 0 Å². The lowest BCUT2D eigenvalue weighted by molar-refractivity contribution is -0.137. The summed E-state index contributed by atoms with van der Waals surface area (Å²) in [6, 6.07) is 7.26. The summed E-state index contributed by atoms with van der Waals surface area (Å²) in [6.07, 6.45) is 2.47. The Morgan fingerprint density at radius 2 is 1.85 bits per heavy atom. The van der Waals surface area contributed by atoms with Crippen molar-refractivity contribution in [1.82, 2.24) is 19.5 Å². The summed E-state index contributed by atoms with van der Waals surface area (Å²) >= 11 is 0. The first-order valence-corrected chi connectivity index (χ1v) is 16.4. The molecular formula is C28H37F3N6OSi. The highest BCUT2D eigenvalue weighted by atomic mass is 28.4. The van der Waals surface area contributed by atoms with Gasteiger partial charge in [-0.3, -0.25) is 0 Å². The van der Waals surface area contributed by atoms with Crippen LogP contribution in [0, 0.1) is 17.2 Å². The quantitative estimate of drug-likeness (QED) is 0.210. The summed E-state index contributed by atoms with van der Waals surface area (Å²) in [4.78, 5) is 13.1. The normalized spacial score (nSPS) is 15.7. The molecule has 11 heteroatoms. The smallest absolute Gasteiger partial charge is 0.416 e. The van der Waals surface area contributed by atoms with Crippen LogP contribution in [-0.2, 0) is 17.1 Å². The van der Waals surface area contributed by atoms with E-state index in [-0.39, 0.29) is 16.9 Å². The fraction of sp³-hybridized carbons (Fsp3) is 0.571. The molecule has 0 radical (unpaired) electrons. The number of nitrogens with one attached hydrogen (secondary N) is 1. The number of hydrogen-bond donors (Lipinski definition) is 1. The molecule has 1 aromatic carbocycles. The number of benzene rings is 1. The molecule has 0 amide bonds. The third-order valence-corrected chi connectivity index (χ3v) is 12.7. The minimum Gasteiger partial charge on any atom is -0.417 e. The molecule has 39 heavy (non-hydrogen) atoms. The van der Waals surface area contributed by atoms with E-state index < -0.39 is 20.1 Å². The molecule has 2 aromatic heterocycles. The van der Waals surface area contributed by atoms with E-state index in [1.165, 1.54) is 18.6 Å². The number of rotatable bonds is 10. The second-order valence-electron chi connectivity index (χ2n) is 11.9. The van der Waals surface area contributed by atoms with Crippen LogP contribution in [0.5, 0.6) is 0 Å². The zero-order valence-corrected chi connectivity index (χ0v) is 24.3. The highest BCUT2D eigenvalue weighted by Crippen LogP contribution is 2.37. The molecule has 0 spiro atoms. The number of halogens is 3. The summed E-state index contributed by atoms with van der Waals surface area (Å²) in [5.41, 5.74) is 1.02. The largest absolute Gasteiger partial charge is 0.417 e. The monoisotopic (exact) mass is 558 g/mol. The van der Waals surface area contributed by atoms with Gasteiger partial charge in [0.1, 0.15) is 11.6 Å². The van der Waals surface area contributed by atoms with Gasteiger partial charge >= 0.3 is 6.18 Å². The maximum atomic E-state index is 13.0. The van der Waals surface area contributed by atoms with Crippen molar-refractivity contribution in [1.29, 1.82) is 5.26 Å². The van der Waals surface area contributed by atoms with Gasteiger partial charge < -0.3 is 14.3 Å². The second kappa shape index (κ2) is 11.3. The number of anilines is 1. The van der Waals surface area contributed by atoms with E-state index >= 15 is 0 Å². The Kier molecular flexibility index (Phi) is 8.38. The average molecular weight is 559 g/mol. The predicted octanol–water partition coefficient (Wildman–Crippen LogP) is 7.15. The van der Waals surface area contributed by atoms with Crippen LogP contribution < -0.4 is 5.32 Å². The van der Waals surface area contributed by atoms with Crippen LogP contribution in [0.4, 0.5) is 19.0 Å². The molecule has 2 heterocycles. The molecule has 7 nitrogen and oxygen atoms in total. The van der Waals surface area contributed by atoms with E-state index in [0.29, 0.717) is 41.6 Å². The zero-order valence-electron chi connectivity index (χ0n) is 23.3. The Morgan fingerprint density at radius 3 is 2.41 bits per heavy atom. The SMILES string of the molecule is CC(C)(C)[Si](C)(C)OCCCC(Nc1nc(C#N)nc2ncn(Cc3ccc(C(F)(F)F)cc3)c12)C1CCC1. The van der Waals surface area contributed by atoms with Crippen molar-refractivity contribution in [2.24, 2.45) is 5.92 Å². The van der Waals surface area contributed by atoms with Gasteiger partial charge in [-0.05, 0) is 67.4 Å². The van der Waals surface area contributed by atoms with Crippen molar-refractivity contribution in [2.75, 3.05) is 11.9 Å². The molecule has 210 valence electrons. The number of alkyl halides is 3. The Morgan fingerprint density at radius 1 is 1.15 bits per heavy atom. The van der Waals surface area contributed by atoms with Crippen molar-refractivity contribution in [3.8, 4) is 6.07 Å². The third kappa shape index (κ3) is 6.79. The van der Waals surface area contributed by atoms with Crippen molar-refractivity contribution < 1.29 is 17.6 Å². The summed E-state index contributed by atoms with van der Waals surface area (Å²) < 4.78 is 47.2. The average Bonchev–Trinajstić information content (AvgIpc) is 3.22. The van der Waals surface area contributed by atoms with E-state index in [2.05, 4.69) is 54.1 Å². The molecule has 1 atom stereocenters. The number of nitrogens with zero attached hydrogens (tertiary/aromatic N) is 5. The number of fused-ring (bicyclic) bond motifs is 1. The lowest BCUT2D eigenvalue weighted by Gasteiger charge is -2.37. The first-order valence-electron chi connectivity index (χ1n) is 13.5. The van der Waals surface area contributed by atoms with E-state index in [0.717, 1.165) is 37.8 Å². The van der Waals surface area contributed by atoms with Crippen LogP contribution in [0.2, 0.25) is 18.1 Å². The predicted molar refractivity (Wildman–Crippen MR) is 148 cm³/mol. The molecule has 1 aliphatic carbocycles. The molecule has 0 bridgehead atoms. The molecule has 1 saturated carbocycles. The Balaban J connectivity index is 1.55. The lowest BCUT2D eigenvalue weighted by atomic mass is 9.78. The van der Waals surface area contributed by atoms with E-state index in [1.54, 1.807) is 6.33 Å². The number of nitriles is 1. The van der Waals surface area contributed by atoms with E-state index in [9.17, 15) is 18.4 Å². The maximum absolute atomic E-state index is 13.0. The molecule has 1 fully saturated rings. The number of hydrogen-bond acceptors (Lipinski definition) is 6. The standard InChI is InChI=1S/C28H37F3N6OSi/c1-27(2,3)39(4,5)38-15-7-10-22(20-8-6-9-20)34-26-24-25(35-23(16-32)36-26)33-18-37(24)17-19-11-13-21(14-12-19)28(29,30)31/h11-14,18,20,22H,6-10,15,17H2,1-5H3,(H,34,35,36). The molecule has 3 aromatic rings. The van der Waals surface area contributed by atoms with Crippen molar-refractivity contribution in [3.63, 3.8) is 0 Å². The van der Waals surface area contributed by atoms with Crippen molar-refractivity contribution >= 4 is 25.3 Å². The first kappa shape index (κ1) is 29.0. The summed E-state index contributed by atoms with van der Waals surface area (Å²) in [5.74, 6) is 1.06. The van der Waals surface area contributed by atoms with Gasteiger partial charge in [-0.2, -0.15) is 28.4 Å². The molecule has 1 N–H and O–H groups in total. The van der Waals surface area contributed by atoms with Crippen LogP contribution in [0.15, 0.2) is 30.6 Å². The molecular weight excluding hydrogens is 521 g/mol. The fourth-order valence-electron chi connectivity index (χ4n) is 4.54. The summed E-state index contributed by atoms with van der Waals surface area (Å²) in [6.45, 7) is 12.2. The zero-order chi connectivity index (χ0) is 28.4. The van der Waals surface area contributed by atoms with Gasteiger partial charge in [0.2, 0.25) is 5.82 Å². The Bertz CT molecular complexity index is 1320. The van der Waals surface area contributed by atoms with Gasteiger partial charge in [0.25, 0.3) is 0 Å². The van der Waals surface area contributed by atoms with Gasteiger partial charge in [0.15, 0.2) is 19.8 Å². The van der Waals surface area contributed by atoms with Crippen LogP contribution in [0.3, 0.4) is 0 Å². The van der Waals surface area contributed by atoms with Crippen LogP contribution in [0.25, 0.3) is 11.2 Å². The molecule has 0 aliphatic heterocycles. The Labute approximate surface area is 229 Å². The first-order chi connectivity index (χ1) is 18.3. The highest BCUT2D eigenvalue weighted by molar-refractivity contribution is 6.74. The molecule has 1 unspecified atom stereocenters. The summed E-state index contributed by atoms with van der Waals surface area (Å²) in [7, 11) is -1.82. The Hall–Kier alpha value is -2.97. The van der Waals surface area contributed by atoms with Gasteiger partial charge in [-0.25, -0.2) is 4.98 Å². The lowest BCUT2D eigenvalue weighted by Crippen LogP contribution is -2.41. The topological polar surface area (TPSA) is 88.7 Å². The van der Waals surface area contributed by atoms with Crippen LogP contribution in [0.1, 0.15) is 69.8 Å². The van der Waals surface area contributed by atoms with Crippen molar-refractivity contribution in [3.05, 3.63) is 47.5 Å². The van der Waals surface area contributed by atoms with Gasteiger partial charge in [-0.1, -0.05) is 39.3 Å². The third-order valence-electron chi connectivity index (χ3n) is 8.18. The number of aromatic nitrogens is 4.